The Bertz CT molecular complexity index is 1140. The third-order valence-electron chi connectivity index (χ3n) is 4.66. The van der Waals surface area contributed by atoms with Crippen molar-refractivity contribution in [2.24, 2.45) is 7.05 Å². The maximum atomic E-state index is 12.6. The molecule has 4 rings (SSSR count). The minimum absolute atomic E-state index is 0.256. The molecule has 9 nitrogen and oxygen atoms in total. The molecule has 0 bridgehead atoms. The van der Waals surface area contributed by atoms with Crippen LogP contribution in [0.15, 0.2) is 30.5 Å². The molecule has 0 saturated carbocycles. The van der Waals surface area contributed by atoms with Gasteiger partial charge >= 0.3 is 0 Å². The quantitative estimate of drug-likeness (QED) is 0.576. The molecule has 0 saturated heterocycles. The molecule has 0 aliphatic heterocycles. The lowest BCUT2D eigenvalue weighted by Crippen LogP contribution is -2.28. The van der Waals surface area contributed by atoms with E-state index in [0.29, 0.717) is 17.2 Å². The average molecular weight is 364 g/mol. The van der Waals surface area contributed by atoms with Gasteiger partial charge < -0.3 is 5.32 Å². The topological polar surface area (TPSA) is 106 Å². The molecule has 0 fully saturated rings. The normalized spacial score (nSPS) is 12.4. The Morgan fingerprint density at radius 3 is 2.81 bits per heavy atom. The number of hydrogen-bond donors (Lipinski definition) is 2. The number of nitrogens with zero attached hydrogens (tertiary/aromatic N) is 6. The van der Waals surface area contributed by atoms with Crippen molar-refractivity contribution < 1.29 is 4.79 Å². The minimum atomic E-state index is -0.316. The standard InChI is InChI=1S/C18H20N8O/c1-10-16(12(3)25(4)24-10)13-9-14(21-20-13)18(27)19-11(2)17-23-22-15-7-5-6-8-26(15)17/h5-9,11H,1-4H3,(H,19,27)(H,20,21)/t11-/m1/s1. The second-order valence-corrected chi connectivity index (χ2v) is 6.52. The van der Waals surface area contributed by atoms with Gasteiger partial charge in [0.25, 0.3) is 5.91 Å². The van der Waals surface area contributed by atoms with Crippen molar-refractivity contribution >= 4 is 11.6 Å². The Morgan fingerprint density at radius 1 is 1.26 bits per heavy atom. The highest BCUT2D eigenvalue weighted by molar-refractivity contribution is 5.93. The zero-order valence-corrected chi connectivity index (χ0v) is 15.6. The van der Waals surface area contributed by atoms with E-state index in [9.17, 15) is 4.79 Å². The maximum absolute atomic E-state index is 12.6. The van der Waals surface area contributed by atoms with Crippen LogP contribution in [-0.2, 0) is 7.05 Å². The number of H-pyrrole nitrogens is 1. The first kappa shape index (κ1) is 17.0. The van der Waals surface area contributed by atoms with Crippen LogP contribution in [0, 0.1) is 13.8 Å². The van der Waals surface area contributed by atoms with E-state index in [1.807, 2.05) is 56.6 Å². The summed E-state index contributed by atoms with van der Waals surface area (Å²) in [5.74, 6) is 0.408. The highest BCUT2D eigenvalue weighted by atomic mass is 16.2. The van der Waals surface area contributed by atoms with Crippen LogP contribution in [0.3, 0.4) is 0 Å². The van der Waals surface area contributed by atoms with Crippen LogP contribution in [-0.4, -0.2) is 40.5 Å². The highest BCUT2D eigenvalue weighted by Gasteiger charge is 2.20. The Morgan fingerprint density at radius 2 is 2.07 bits per heavy atom. The van der Waals surface area contributed by atoms with E-state index in [4.69, 9.17) is 0 Å². The fourth-order valence-corrected chi connectivity index (χ4v) is 3.20. The summed E-state index contributed by atoms with van der Waals surface area (Å²) in [4.78, 5) is 12.6. The van der Waals surface area contributed by atoms with Gasteiger partial charge in [-0.25, -0.2) is 0 Å². The van der Waals surface area contributed by atoms with Crippen molar-refractivity contribution in [1.29, 1.82) is 0 Å². The average Bonchev–Trinajstić information content (AvgIpc) is 3.33. The van der Waals surface area contributed by atoms with Crippen molar-refractivity contribution in [3.8, 4) is 11.3 Å². The molecular weight excluding hydrogens is 344 g/mol. The van der Waals surface area contributed by atoms with Gasteiger partial charge in [-0.05, 0) is 39.0 Å². The number of fused-ring (bicyclic) bond motifs is 1. The van der Waals surface area contributed by atoms with Crippen molar-refractivity contribution in [3.05, 3.63) is 53.4 Å². The Hall–Kier alpha value is -3.49. The zero-order valence-electron chi connectivity index (χ0n) is 15.6. The third-order valence-corrected chi connectivity index (χ3v) is 4.66. The fourth-order valence-electron chi connectivity index (χ4n) is 3.20. The molecule has 2 N–H and O–H groups in total. The summed E-state index contributed by atoms with van der Waals surface area (Å²) in [5, 5.41) is 22.7. The van der Waals surface area contributed by atoms with Crippen LogP contribution in [0.1, 0.15) is 40.7 Å². The van der Waals surface area contributed by atoms with Gasteiger partial charge in [0.2, 0.25) is 0 Å². The van der Waals surface area contributed by atoms with Gasteiger partial charge in [0.15, 0.2) is 11.5 Å². The van der Waals surface area contributed by atoms with E-state index < -0.39 is 0 Å². The second-order valence-electron chi connectivity index (χ2n) is 6.52. The van der Waals surface area contributed by atoms with Crippen LogP contribution in [0.4, 0.5) is 0 Å². The van der Waals surface area contributed by atoms with Gasteiger partial charge in [-0.2, -0.15) is 10.2 Å². The molecule has 0 radical (unpaired) electrons. The molecule has 0 aromatic carbocycles. The molecule has 0 aliphatic rings. The molecule has 9 heteroatoms. The summed E-state index contributed by atoms with van der Waals surface area (Å²) in [7, 11) is 1.89. The van der Waals surface area contributed by atoms with Crippen molar-refractivity contribution in [2.75, 3.05) is 0 Å². The van der Waals surface area contributed by atoms with Gasteiger partial charge in [-0.1, -0.05) is 6.07 Å². The molecular formula is C18H20N8O. The lowest BCUT2D eigenvalue weighted by molar-refractivity contribution is 0.0933. The van der Waals surface area contributed by atoms with Crippen molar-refractivity contribution in [1.82, 2.24) is 39.9 Å². The van der Waals surface area contributed by atoms with E-state index in [0.717, 1.165) is 22.6 Å². The summed E-state index contributed by atoms with van der Waals surface area (Å²) in [5.41, 5.74) is 4.62. The summed E-state index contributed by atoms with van der Waals surface area (Å²) in [6.45, 7) is 5.77. The lowest BCUT2D eigenvalue weighted by atomic mass is 10.1. The van der Waals surface area contributed by atoms with E-state index in [1.54, 1.807) is 10.7 Å². The van der Waals surface area contributed by atoms with Gasteiger partial charge in [0.1, 0.15) is 5.69 Å². The summed E-state index contributed by atoms with van der Waals surface area (Å²) < 4.78 is 3.66. The number of nitrogens with one attached hydrogen (secondary N) is 2. The van der Waals surface area contributed by atoms with E-state index >= 15 is 0 Å². The van der Waals surface area contributed by atoms with Crippen LogP contribution in [0.5, 0.6) is 0 Å². The molecule has 0 spiro atoms. The molecule has 4 aromatic rings. The molecule has 0 aliphatic carbocycles. The number of carbonyl (C=O) groups excluding carboxylic acids is 1. The first-order valence-corrected chi connectivity index (χ1v) is 8.62. The smallest absolute Gasteiger partial charge is 0.269 e. The van der Waals surface area contributed by atoms with Crippen molar-refractivity contribution in [3.63, 3.8) is 0 Å². The Labute approximate surface area is 155 Å². The van der Waals surface area contributed by atoms with Crippen LogP contribution >= 0.6 is 0 Å². The molecule has 138 valence electrons. The predicted molar refractivity (Wildman–Crippen MR) is 99.1 cm³/mol. The monoisotopic (exact) mass is 364 g/mol. The van der Waals surface area contributed by atoms with Gasteiger partial charge in [0, 0.05) is 24.5 Å². The number of aromatic nitrogens is 7. The summed E-state index contributed by atoms with van der Waals surface area (Å²) in [6.07, 6.45) is 1.87. The van der Waals surface area contributed by atoms with Gasteiger partial charge in [-0.15, -0.1) is 10.2 Å². The Balaban J connectivity index is 1.56. The summed E-state index contributed by atoms with van der Waals surface area (Å²) >= 11 is 0. The zero-order chi connectivity index (χ0) is 19.1. The SMILES string of the molecule is Cc1nn(C)c(C)c1-c1cc(C(=O)N[C@H](C)c2nnc3ccccn23)[nH]n1. The minimum Gasteiger partial charge on any atom is -0.341 e. The van der Waals surface area contributed by atoms with Crippen molar-refractivity contribution in [2.45, 2.75) is 26.8 Å². The number of pyridine rings is 1. The molecule has 4 heterocycles. The summed E-state index contributed by atoms with van der Waals surface area (Å²) in [6, 6.07) is 7.08. The van der Waals surface area contributed by atoms with Gasteiger partial charge in [0.05, 0.1) is 17.4 Å². The molecule has 1 amide bonds. The molecule has 4 aromatic heterocycles. The number of aromatic amines is 1. The number of rotatable bonds is 4. The molecule has 1 atom stereocenters. The highest BCUT2D eigenvalue weighted by Crippen LogP contribution is 2.25. The fraction of sp³-hybridized carbons (Fsp3) is 0.278. The van der Waals surface area contributed by atoms with E-state index in [-0.39, 0.29) is 11.9 Å². The second kappa shape index (κ2) is 6.35. The third kappa shape index (κ3) is 2.86. The van der Waals surface area contributed by atoms with Gasteiger partial charge in [-0.3, -0.25) is 19.0 Å². The van der Waals surface area contributed by atoms with Crippen LogP contribution < -0.4 is 5.32 Å². The molecule has 27 heavy (non-hydrogen) atoms. The first-order chi connectivity index (χ1) is 13.0. The number of amides is 1. The number of hydrogen-bond acceptors (Lipinski definition) is 5. The maximum Gasteiger partial charge on any atom is 0.269 e. The van der Waals surface area contributed by atoms with E-state index in [2.05, 4.69) is 30.8 Å². The number of aryl methyl sites for hydroxylation is 2. The Kier molecular flexibility index (Phi) is 3.98. The van der Waals surface area contributed by atoms with Crippen LogP contribution in [0.25, 0.3) is 16.9 Å². The van der Waals surface area contributed by atoms with E-state index in [1.165, 1.54) is 0 Å². The first-order valence-electron chi connectivity index (χ1n) is 8.62. The largest absolute Gasteiger partial charge is 0.341 e. The number of carbonyl (C=O) groups is 1. The van der Waals surface area contributed by atoms with Crippen LogP contribution in [0.2, 0.25) is 0 Å². The molecule has 0 unspecified atom stereocenters. The lowest BCUT2D eigenvalue weighted by Gasteiger charge is -2.11. The predicted octanol–water partition coefficient (Wildman–Crippen LogP) is 1.96.